The maximum absolute atomic E-state index is 13.6. The van der Waals surface area contributed by atoms with E-state index < -0.39 is 23.3 Å². The van der Waals surface area contributed by atoms with Crippen molar-refractivity contribution >= 4 is 0 Å². The third-order valence-electron chi connectivity index (χ3n) is 3.03. The molecule has 1 atom stereocenters. The molecule has 2 aromatic carbocycles. The minimum absolute atomic E-state index is 0.245. The molecule has 0 radical (unpaired) electrons. The molecular formula is C15H13F4N. The van der Waals surface area contributed by atoms with Crippen LogP contribution in [0, 0.1) is 23.3 Å². The molecule has 1 nitrogen and oxygen atoms in total. The summed E-state index contributed by atoms with van der Waals surface area (Å²) in [5, 5.41) is 2.97. The van der Waals surface area contributed by atoms with Crippen LogP contribution in [0.15, 0.2) is 36.4 Å². The highest BCUT2D eigenvalue weighted by atomic mass is 19.2. The van der Waals surface area contributed by atoms with Crippen LogP contribution in [0.4, 0.5) is 17.6 Å². The Labute approximate surface area is 114 Å². The van der Waals surface area contributed by atoms with Crippen molar-refractivity contribution in [3.05, 3.63) is 70.8 Å². The van der Waals surface area contributed by atoms with E-state index in [0.29, 0.717) is 11.1 Å². The number of benzene rings is 2. The fourth-order valence-electron chi connectivity index (χ4n) is 1.88. The Kier molecular flexibility index (Phi) is 4.39. The summed E-state index contributed by atoms with van der Waals surface area (Å²) in [5.74, 6) is -3.12. The summed E-state index contributed by atoms with van der Waals surface area (Å²) >= 11 is 0. The molecule has 0 amide bonds. The normalized spacial score (nSPS) is 12.4. The van der Waals surface area contributed by atoms with Gasteiger partial charge in [0.1, 0.15) is 11.6 Å². The number of hydrogen-bond donors (Lipinski definition) is 1. The summed E-state index contributed by atoms with van der Waals surface area (Å²) in [6, 6.07) is 6.51. The summed E-state index contributed by atoms with van der Waals surface area (Å²) < 4.78 is 52.2. The van der Waals surface area contributed by atoms with Gasteiger partial charge in [0.05, 0.1) is 0 Å². The Morgan fingerprint density at radius 3 is 2.30 bits per heavy atom. The van der Waals surface area contributed by atoms with Crippen molar-refractivity contribution in [1.29, 1.82) is 0 Å². The number of hydrogen-bond acceptors (Lipinski definition) is 1. The first-order valence-electron chi connectivity index (χ1n) is 6.09. The Bertz CT molecular complexity index is 613. The lowest BCUT2D eigenvalue weighted by molar-refractivity contribution is 0.499. The highest BCUT2D eigenvalue weighted by Crippen LogP contribution is 2.18. The van der Waals surface area contributed by atoms with Crippen LogP contribution in [-0.4, -0.2) is 0 Å². The third kappa shape index (κ3) is 3.36. The van der Waals surface area contributed by atoms with Crippen molar-refractivity contribution in [2.75, 3.05) is 0 Å². The highest BCUT2D eigenvalue weighted by molar-refractivity contribution is 5.22. The van der Waals surface area contributed by atoms with Crippen LogP contribution in [0.5, 0.6) is 0 Å². The molecule has 0 saturated carbocycles. The quantitative estimate of drug-likeness (QED) is 0.833. The number of halogens is 4. The van der Waals surface area contributed by atoms with E-state index in [4.69, 9.17) is 0 Å². The van der Waals surface area contributed by atoms with Crippen molar-refractivity contribution in [1.82, 2.24) is 5.32 Å². The Morgan fingerprint density at radius 1 is 0.900 bits per heavy atom. The molecule has 0 aliphatic heterocycles. The summed E-state index contributed by atoms with van der Waals surface area (Å²) in [6.45, 7) is 1.95. The van der Waals surface area contributed by atoms with E-state index in [1.807, 2.05) is 0 Å². The average Bonchev–Trinajstić information content (AvgIpc) is 2.40. The summed E-state index contributed by atoms with van der Waals surface area (Å²) in [4.78, 5) is 0. The van der Waals surface area contributed by atoms with E-state index in [2.05, 4.69) is 5.32 Å². The molecule has 0 saturated heterocycles. The van der Waals surface area contributed by atoms with Crippen molar-refractivity contribution in [2.24, 2.45) is 0 Å². The van der Waals surface area contributed by atoms with Gasteiger partial charge in [0.15, 0.2) is 11.6 Å². The van der Waals surface area contributed by atoms with Crippen molar-refractivity contribution in [3.8, 4) is 0 Å². The van der Waals surface area contributed by atoms with Gasteiger partial charge in [-0.15, -0.1) is 0 Å². The predicted octanol–water partition coefficient (Wildman–Crippen LogP) is 4.09. The topological polar surface area (TPSA) is 12.0 Å². The monoisotopic (exact) mass is 283 g/mol. The van der Waals surface area contributed by atoms with Gasteiger partial charge in [-0.3, -0.25) is 0 Å². The molecule has 0 aliphatic carbocycles. The lowest BCUT2D eigenvalue weighted by Gasteiger charge is -2.15. The zero-order valence-electron chi connectivity index (χ0n) is 10.8. The Balaban J connectivity index is 2.04. The molecule has 2 rings (SSSR count). The molecule has 1 N–H and O–H groups in total. The van der Waals surface area contributed by atoms with E-state index in [0.717, 1.165) is 18.2 Å². The van der Waals surface area contributed by atoms with Gasteiger partial charge >= 0.3 is 0 Å². The van der Waals surface area contributed by atoms with Crippen LogP contribution in [0.3, 0.4) is 0 Å². The Hall–Kier alpha value is -1.88. The van der Waals surface area contributed by atoms with Crippen molar-refractivity contribution < 1.29 is 17.6 Å². The second-order valence-electron chi connectivity index (χ2n) is 4.52. The van der Waals surface area contributed by atoms with E-state index >= 15 is 0 Å². The molecular weight excluding hydrogens is 270 g/mol. The van der Waals surface area contributed by atoms with Gasteiger partial charge < -0.3 is 5.32 Å². The predicted molar refractivity (Wildman–Crippen MR) is 68.0 cm³/mol. The zero-order valence-corrected chi connectivity index (χ0v) is 10.8. The van der Waals surface area contributed by atoms with E-state index in [1.165, 1.54) is 18.2 Å². The van der Waals surface area contributed by atoms with Gasteiger partial charge in [0, 0.05) is 24.2 Å². The number of rotatable bonds is 4. The van der Waals surface area contributed by atoms with Gasteiger partial charge in [-0.1, -0.05) is 12.1 Å². The molecule has 5 heteroatoms. The van der Waals surface area contributed by atoms with Crippen LogP contribution >= 0.6 is 0 Å². The van der Waals surface area contributed by atoms with Crippen LogP contribution in [-0.2, 0) is 6.54 Å². The standard InChI is InChI=1S/C15H13F4N/c1-9(12-4-3-11(16)7-14(12)18)20-8-10-2-5-13(17)15(19)6-10/h2-7,9,20H,8H2,1H3. The molecule has 0 fully saturated rings. The first kappa shape index (κ1) is 14.5. The van der Waals surface area contributed by atoms with Crippen LogP contribution in [0.25, 0.3) is 0 Å². The SMILES string of the molecule is CC(NCc1ccc(F)c(F)c1)c1ccc(F)cc1F. The van der Waals surface area contributed by atoms with Crippen LogP contribution in [0.1, 0.15) is 24.1 Å². The Morgan fingerprint density at radius 2 is 1.65 bits per heavy atom. The zero-order chi connectivity index (χ0) is 14.7. The molecule has 20 heavy (non-hydrogen) atoms. The lowest BCUT2D eigenvalue weighted by atomic mass is 10.1. The number of nitrogens with one attached hydrogen (secondary N) is 1. The van der Waals surface area contributed by atoms with Crippen LogP contribution in [0.2, 0.25) is 0 Å². The maximum Gasteiger partial charge on any atom is 0.159 e. The molecule has 0 spiro atoms. The lowest BCUT2D eigenvalue weighted by Crippen LogP contribution is -2.19. The molecule has 1 unspecified atom stereocenters. The summed E-state index contributed by atoms with van der Waals surface area (Å²) in [5.41, 5.74) is 0.854. The van der Waals surface area contributed by atoms with Crippen LogP contribution < -0.4 is 5.32 Å². The van der Waals surface area contributed by atoms with E-state index in [1.54, 1.807) is 6.92 Å². The fraction of sp³-hybridized carbons (Fsp3) is 0.200. The maximum atomic E-state index is 13.6. The minimum Gasteiger partial charge on any atom is -0.306 e. The molecule has 0 bridgehead atoms. The summed E-state index contributed by atoms with van der Waals surface area (Å²) in [6.07, 6.45) is 0. The second-order valence-corrected chi connectivity index (χ2v) is 4.52. The summed E-state index contributed by atoms with van der Waals surface area (Å²) in [7, 11) is 0. The molecule has 2 aromatic rings. The van der Waals surface area contributed by atoms with Gasteiger partial charge in [-0.2, -0.15) is 0 Å². The van der Waals surface area contributed by atoms with Gasteiger partial charge in [-0.25, -0.2) is 17.6 Å². The minimum atomic E-state index is -0.926. The van der Waals surface area contributed by atoms with E-state index in [-0.39, 0.29) is 12.6 Å². The first-order valence-corrected chi connectivity index (χ1v) is 6.09. The molecule has 106 valence electrons. The molecule has 0 aromatic heterocycles. The smallest absolute Gasteiger partial charge is 0.159 e. The fourth-order valence-corrected chi connectivity index (χ4v) is 1.88. The van der Waals surface area contributed by atoms with E-state index in [9.17, 15) is 17.6 Å². The van der Waals surface area contributed by atoms with Gasteiger partial charge in [0.25, 0.3) is 0 Å². The van der Waals surface area contributed by atoms with Gasteiger partial charge in [-0.05, 0) is 30.7 Å². The average molecular weight is 283 g/mol. The van der Waals surface area contributed by atoms with Crippen molar-refractivity contribution in [2.45, 2.75) is 19.5 Å². The first-order chi connectivity index (χ1) is 9.47. The van der Waals surface area contributed by atoms with Crippen molar-refractivity contribution in [3.63, 3.8) is 0 Å². The molecule has 0 aliphatic rings. The third-order valence-corrected chi connectivity index (χ3v) is 3.03. The molecule has 0 heterocycles. The van der Waals surface area contributed by atoms with Gasteiger partial charge in [0.2, 0.25) is 0 Å². The largest absolute Gasteiger partial charge is 0.306 e. The second kappa shape index (κ2) is 6.05. The highest BCUT2D eigenvalue weighted by Gasteiger charge is 2.11.